The van der Waals surface area contributed by atoms with E-state index in [9.17, 15) is 4.79 Å². The molecule has 2 rings (SSSR count). The molecule has 6 nitrogen and oxygen atoms in total. The Morgan fingerprint density at radius 3 is 3.19 bits per heavy atom. The van der Waals surface area contributed by atoms with Crippen molar-refractivity contribution in [2.24, 2.45) is 0 Å². The van der Waals surface area contributed by atoms with E-state index in [0.717, 1.165) is 4.70 Å². The molecular formula is C8H7BrN4O2S. The van der Waals surface area contributed by atoms with Crippen LogP contribution >= 0.6 is 27.3 Å². The molecule has 8 heteroatoms. The van der Waals surface area contributed by atoms with Crippen LogP contribution in [0.2, 0.25) is 0 Å². The first kappa shape index (κ1) is 11.2. The topological polar surface area (TPSA) is 77.0 Å². The molecule has 84 valence electrons. The van der Waals surface area contributed by atoms with Crippen molar-refractivity contribution in [3.05, 3.63) is 10.7 Å². The molecule has 0 saturated heterocycles. The van der Waals surface area contributed by atoms with E-state index in [1.165, 1.54) is 11.3 Å². The van der Waals surface area contributed by atoms with E-state index in [0.29, 0.717) is 22.0 Å². The molecule has 0 radical (unpaired) electrons. The Morgan fingerprint density at radius 1 is 1.62 bits per heavy atom. The largest absolute Gasteiger partial charge is 0.450 e. The smallest absolute Gasteiger partial charge is 0.413 e. The van der Waals surface area contributed by atoms with Crippen LogP contribution in [0.5, 0.6) is 0 Å². The number of amides is 1. The lowest BCUT2D eigenvalue weighted by Crippen LogP contribution is -2.12. The van der Waals surface area contributed by atoms with Crippen LogP contribution in [0.4, 0.5) is 9.93 Å². The molecule has 0 aliphatic heterocycles. The molecule has 2 heterocycles. The second kappa shape index (κ2) is 4.71. The molecule has 0 fully saturated rings. The van der Waals surface area contributed by atoms with Crippen LogP contribution in [0.15, 0.2) is 10.7 Å². The number of hydrogen-bond donors (Lipinski definition) is 1. The SMILES string of the molecule is CCOC(=O)Nc1nc2nnc(Br)cc2s1. The number of fused-ring (bicyclic) bond motifs is 1. The number of ether oxygens (including phenoxy) is 1. The first-order valence-electron chi connectivity index (χ1n) is 4.42. The van der Waals surface area contributed by atoms with Crippen LogP contribution < -0.4 is 5.32 Å². The average molecular weight is 303 g/mol. The van der Waals surface area contributed by atoms with Crippen LogP contribution in [0, 0.1) is 0 Å². The number of rotatable bonds is 2. The highest BCUT2D eigenvalue weighted by Gasteiger charge is 2.09. The molecule has 0 bridgehead atoms. The summed E-state index contributed by atoms with van der Waals surface area (Å²) in [5.74, 6) is 0. The Hall–Kier alpha value is -1.28. The van der Waals surface area contributed by atoms with Crippen LogP contribution in [0.3, 0.4) is 0 Å². The number of carbonyl (C=O) groups is 1. The summed E-state index contributed by atoms with van der Waals surface area (Å²) in [4.78, 5) is 15.2. The molecule has 16 heavy (non-hydrogen) atoms. The zero-order valence-electron chi connectivity index (χ0n) is 8.23. The van der Waals surface area contributed by atoms with Gasteiger partial charge in [-0.1, -0.05) is 11.3 Å². The fourth-order valence-electron chi connectivity index (χ4n) is 1.03. The summed E-state index contributed by atoms with van der Waals surface area (Å²) in [7, 11) is 0. The highest BCUT2D eigenvalue weighted by Crippen LogP contribution is 2.25. The summed E-state index contributed by atoms with van der Waals surface area (Å²) in [6, 6.07) is 1.79. The minimum Gasteiger partial charge on any atom is -0.450 e. The summed E-state index contributed by atoms with van der Waals surface area (Å²) < 4.78 is 6.21. The van der Waals surface area contributed by atoms with Gasteiger partial charge in [-0.25, -0.2) is 4.79 Å². The highest BCUT2D eigenvalue weighted by atomic mass is 79.9. The van der Waals surface area contributed by atoms with Gasteiger partial charge in [0.15, 0.2) is 10.8 Å². The van der Waals surface area contributed by atoms with Gasteiger partial charge < -0.3 is 4.74 Å². The lowest BCUT2D eigenvalue weighted by atomic mass is 10.6. The Labute approximate surface area is 103 Å². The summed E-state index contributed by atoms with van der Waals surface area (Å²) in [5, 5.41) is 10.6. The van der Waals surface area contributed by atoms with E-state index < -0.39 is 6.09 Å². The molecule has 1 amide bonds. The molecular weight excluding hydrogens is 296 g/mol. The average Bonchev–Trinajstić information content (AvgIpc) is 2.59. The molecule has 2 aromatic heterocycles. The minimum absolute atomic E-state index is 0.322. The van der Waals surface area contributed by atoms with Crippen molar-refractivity contribution in [2.75, 3.05) is 11.9 Å². The lowest BCUT2D eigenvalue weighted by molar-refractivity contribution is 0.168. The normalized spacial score (nSPS) is 10.4. The maximum absolute atomic E-state index is 11.1. The van der Waals surface area contributed by atoms with E-state index in [2.05, 4.69) is 36.4 Å². The Morgan fingerprint density at radius 2 is 2.44 bits per heavy atom. The number of carbonyl (C=O) groups excluding carboxylic acids is 1. The van der Waals surface area contributed by atoms with E-state index in [1.54, 1.807) is 13.0 Å². The number of halogens is 1. The minimum atomic E-state index is -0.520. The van der Waals surface area contributed by atoms with Gasteiger partial charge in [0.05, 0.1) is 11.3 Å². The van der Waals surface area contributed by atoms with Gasteiger partial charge >= 0.3 is 6.09 Å². The standard InChI is InChI=1S/C8H7BrN4O2S/c1-2-15-8(14)11-7-10-6-4(16-7)3-5(9)12-13-6/h3H,2H2,1H3,(H,10,11,13,14). The van der Waals surface area contributed by atoms with Crippen molar-refractivity contribution in [2.45, 2.75) is 6.92 Å². The zero-order chi connectivity index (χ0) is 11.5. The lowest BCUT2D eigenvalue weighted by Gasteiger charge is -1.99. The molecule has 0 aromatic carbocycles. The van der Waals surface area contributed by atoms with Crippen molar-refractivity contribution in [1.29, 1.82) is 0 Å². The van der Waals surface area contributed by atoms with Crippen molar-refractivity contribution < 1.29 is 9.53 Å². The van der Waals surface area contributed by atoms with E-state index in [-0.39, 0.29) is 0 Å². The maximum Gasteiger partial charge on any atom is 0.413 e. The number of thiazole rings is 1. The van der Waals surface area contributed by atoms with Gasteiger partial charge in [-0.3, -0.25) is 5.32 Å². The number of nitrogens with one attached hydrogen (secondary N) is 1. The predicted octanol–water partition coefficient (Wildman–Crippen LogP) is 2.42. The molecule has 0 unspecified atom stereocenters. The van der Waals surface area contributed by atoms with E-state index in [1.807, 2.05) is 0 Å². The van der Waals surface area contributed by atoms with Gasteiger partial charge in [0.1, 0.15) is 4.60 Å². The number of aromatic nitrogens is 3. The molecule has 0 atom stereocenters. The van der Waals surface area contributed by atoms with Crippen LogP contribution in [0.1, 0.15) is 6.92 Å². The first-order chi connectivity index (χ1) is 7.69. The zero-order valence-corrected chi connectivity index (χ0v) is 10.6. The van der Waals surface area contributed by atoms with Gasteiger partial charge in [-0.2, -0.15) is 4.98 Å². The number of anilines is 1. The van der Waals surface area contributed by atoms with Gasteiger partial charge in [0.25, 0.3) is 0 Å². The van der Waals surface area contributed by atoms with Crippen molar-refractivity contribution in [3.8, 4) is 0 Å². The Kier molecular flexibility index (Phi) is 3.30. The first-order valence-corrected chi connectivity index (χ1v) is 6.03. The van der Waals surface area contributed by atoms with Crippen molar-refractivity contribution in [1.82, 2.24) is 15.2 Å². The Balaban J connectivity index is 2.23. The number of hydrogen-bond acceptors (Lipinski definition) is 6. The van der Waals surface area contributed by atoms with Gasteiger partial charge in [0.2, 0.25) is 0 Å². The molecule has 0 aliphatic rings. The van der Waals surface area contributed by atoms with E-state index >= 15 is 0 Å². The van der Waals surface area contributed by atoms with Crippen molar-refractivity contribution in [3.63, 3.8) is 0 Å². The van der Waals surface area contributed by atoms with Gasteiger partial charge in [-0.15, -0.1) is 10.2 Å². The van der Waals surface area contributed by atoms with Crippen molar-refractivity contribution >= 4 is 48.8 Å². The summed E-state index contributed by atoms with van der Waals surface area (Å²) in [5.41, 5.74) is 0.500. The third kappa shape index (κ3) is 2.45. The highest BCUT2D eigenvalue weighted by molar-refractivity contribution is 9.10. The summed E-state index contributed by atoms with van der Waals surface area (Å²) in [6.45, 7) is 2.06. The van der Waals surface area contributed by atoms with Gasteiger partial charge in [0, 0.05) is 0 Å². The van der Waals surface area contributed by atoms with Crippen LogP contribution in [-0.2, 0) is 4.74 Å². The second-order valence-corrected chi connectivity index (χ2v) is 4.56. The Bertz CT molecular complexity index is 530. The predicted molar refractivity (Wildman–Crippen MR) is 63.6 cm³/mol. The molecule has 0 spiro atoms. The van der Waals surface area contributed by atoms with Crippen LogP contribution in [-0.4, -0.2) is 27.9 Å². The molecule has 0 saturated carbocycles. The fourth-order valence-corrected chi connectivity index (χ4v) is 2.31. The quantitative estimate of drug-likeness (QED) is 0.922. The maximum atomic E-state index is 11.1. The molecule has 0 aliphatic carbocycles. The number of nitrogens with zero attached hydrogens (tertiary/aromatic N) is 3. The molecule has 2 aromatic rings. The summed E-state index contributed by atoms with van der Waals surface area (Å²) in [6.07, 6.45) is -0.520. The monoisotopic (exact) mass is 302 g/mol. The third-order valence-corrected chi connectivity index (χ3v) is 2.90. The third-order valence-electron chi connectivity index (χ3n) is 1.61. The molecule has 1 N–H and O–H groups in total. The summed E-state index contributed by atoms with van der Waals surface area (Å²) >= 11 is 4.52. The fraction of sp³-hybridized carbons (Fsp3) is 0.250. The van der Waals surface area contributed by atoms with Gasteiger partial charge in [-0.05, 0) is 28.9 Å². The second-order valence-electron chi connectivity index (χ2n) is 2.72. The van der Waals surface area contributed by atoms with Crippen LogP contribution in [0.25, 0.3) is 10.3 Å². The van der Waals surface area contributed by atoms with E-state index in [4.69, 9.17) is 4.74 Å².